The van der Waals surface area contributed by atoms with Gasteiger partial charge in [0.25, 0.3) is 0 Å². The third-order valence-electron chi connectivity index (χ3n) is 13.0. The van der Waals surface area contributed by atoms with Crippen LogP contribution in [-0.4, -0.2) is 82.3 Å². The standard InChI is InChI=1S/C58H111NO8/c1-6-8-10-12-14-16-18-20-22-23-24-25-26-27-28-29-30-31-32-33-35-37-39-41-43-45-47-49-56(61)67-54(53-66-58(57(62)63)64-51-50-59(3,4)5)52-65-55(60)48-46-44-42-40-38-36-34-21-19-17-15-13-11-9-7-2/h23-24,54,58H,6-22,25-53H2,1-5H3/b24-23-. The van der Waals surface area contributed by atoms with Gasteiger partial charge in [0.1, 0.15) is 13.2 Å². The van der Waals surface area contributed by atoms with E-state index in [1.807, 2.05) is 21.1 Å². The highest BCUT2D eigenvalue weighted by atomic mass is 16.7. The van der Waals surface area contributed by atoms with Gasteiger partial charge in [0, 0.05) is 12.8 Å². The van der Waals surface area contributed by atoms with E-state index >= 15 is 0 Å². The summed E-state index contributed by atoms with van der Waals surface area (Å²) >= 11 is 0. The number of unbranched alkanes of at least 4 members (excludes halogenated alkanes) is 37. The van der Waals surface area contributed by atoms with Crippen molar-refractivity contribution >= 4 is 17.9 Å². The molecule has 0 rings (SSSR count). The first-order valence-electron chi connectivity index (χ1n) is 28.8. The summed E-state index contributed by atoms with van der Waals surface area (Å²) in [6, 6.07) is 0. The van der Waals surface area contributed by atoms with E-state index in [2.05, 4.69) is 26.0 Å². The second-order valence-electron chi connectivity index (χ2n) is 20.9. The molecule has 0 aliphatic rings. The zero-order valence-electron chi connectivity index (χ0n) is 45.0. The van der Waals surface area contributed by atoms with Crippen LogP contribution in [-0.2, 0) is 33.3 Å². The fraction of sp³-hybridized carbons (Fsp3) is 0.914. The lowest BCUT2D eigenvalue weighted by atomic mass is 10.0. The first kappa shape index (κ1) is 65.0. The van der Waals surface area contributed by atoms with Gasteiger partial charge in [-0.05, 0) is 38.5 Å². The molecule has 0 aromatic heterocycles. The van der Waals surface area contributed by atoms with E-state index in [4.69, 9.17) is 18.9 Å². The van der Waals surface area contributed by atoms with Gasteiger partial charge in [-0.3, -0.25) is 9.59 Å². The number of carboxylic acids is 1. The molecule has 2 atom stereocenters. The van der Waals surface area contributed by atoms with E-state index in [1.165, 1.54) is 218 Å². The Balaban J connectivity index is 4.15. The van der Waals surface area contributed by atoms with Crippen molar-refractivity contribution in [2.45, 2.75) is 296 Å². The van der Waals surface area contributed by atoms with Crippen LogP contribution in [0.1, 0.15) is 284 Å². The molecule has 67 heavy (non-hydrogen) atoms. The second-order valence-corrected chi connectivity index (χ2v) is 20.9. The minimum absolute atomic E-state index is 0.152. The van der Waals surface area contributed by atoms with E-state index in [9.17, 15) is 19.5 Å². The smallest absolute Gasteiger partial charge is 0.306 e. The number of quaternary nitrogens is 1. The van der Waals surface area contributed by atoms with E-state index in [0.29, 0.717) is 17.4 Å². The van der Waals surface area contributed by atoms with Crippen molar-refractivity contribution in [1.82, 2.24) is 0 Å². The molecule has 0 saturated carbocycles. The third kappa shape index (κ3) is 51.7. The van der Waals surface area contributed by atoms with Crippen LogP contribution in [0.25, 0.3) is 0 Å². The van der Waals surface area contributed by atoms with Gasteiger partial charge in [-0.15, -0.1) is 0 Å². The van der Waals surface area contributed by atoms with Gasteiger partial charge < -0.3 is 33.3 Å². The van der Waals surface area contributed by atoms with Crippen molar-refractivity contribution in [3.63, 3.8) is 0 Å². The maximum atomic E-state index is 12.8. The molecular formula is C58H111NO8. The molecule has 0 fully saturated rings. The van der Waals surface area contributed by atoms with Crippen LogP contribution >= 0.6 is 0 Å². The SMILES string of the molecule is CCCCCCCCCC/C=C\CCCCCCCCCCCCCCCCCC(=O)OC(COC(=O)CCCCCCCCCCCCCCCCC)COC(OCC[N+](C)(C)C)C(=O)[O-]. The molecule has 0 spiro atoms. The first-order chi connectivity index (χ1) is 32.6. The highest BCUT2D eigenvalue weighted by molar-refractivity contribution is 5.70. The Morgan fingerprint density at radius 3 is 1.10 bits per heavy atom. The van der Waals surface area contributed by atoms with Crippen molar-refractivity contribution < 1.29 is 42.9 Å². The molecule has 0 aromatic carbocycles. The fourth-order valence-corrected chi connectivity index (χ4v) is 8.53. The lowest BCUT2D eigenvalue weighted by Crippen LogP contribution is -2.44. The molecule has 9 nitrogen and oxygen atoms in total. The van der Waals surface area contributed by atoms with Gasteiger partial charge in [0.15, 0.2) is 12.4 Å². The maximum Gasteiger partial charge on any atom is 0.306 e. The summed E-state index contributed by atoms with van der Waals surface area (Å²) in [5, 5.41) is 11.8. The zero-order chi connectivity index (χ0) is 49.2. The van der Waals surface area contributed by atoms with E-state index in [1.54, 1.807) is 0 Å². The fourth-order valence-electron chi connectivity index (χ4n) is 8.53. The summed E-state index contributed by atoms with van der Waals surface area (Å²) in [6.45, 7) is 4.80. The van der Waals surface area contributed by atoms with Crippen LogP contribution in [0.2, 0.25) is 0 Å². The Labute approximate surface area is 415 Å². The normalized spacial score (nSPS) is 12.8. The van der Waals surface area contributed by atoms with Gasteiger partial charge in [-0.25, -0.2) is 0 Å². The van der Waals surface area contributed by atoms with Gasteiger partial charge >= 0.3 is 11.9 Å². The van der Waals surface area contributed by atoms with Crippen LogP contribution in [0.4, 0.5) is 0 Å². The number of esters is 2. The molecule has 0 aromatic rings. The number of allylic oxidation sites excluding steroid dienone is 2. The van der Waals surface area contributed by atoms with Crippen molar-refractivity contribution in [2.24, 2.45) is 0 Å². The molecule has 396 valence electrons. The van der Waals surface area contributed by atoms with Crippen molar-refractivity contribution in [3.8, 4) is 0 Å². The number of hydrogen-bond acceptors (Lipinski definition) is 8. The quantitative estimate of drug-likeness (QED) is 0.0195. The number of likely N-dealkylation sites (N-methyl/N-ethyl adjacent to an activating group) is 1. The maximum absolute atomic E-state index is 12.8. The predicted octanol–water partition coefficient (Wildman–Crippen LogP) is 15.2. The van der Waals surface area contributed by atoms with E-state index in [0.717, 1.165) is 38.5 Å². The van der Waals surface area contributed by atoms with Gasteiger partial charge in [0.05, 0.1) is 40.3 Å². The Morgan fingerprint density at radius 1 is 0.433 bits per heavy atom. The van der Waals surface area contributed by atoms with Crippen molar-refractivity contribution in [3.05, 3.63) is 12.2 Å². The summed E-state index contributed by atoms with van der Waals surface area (Å²) in [5.74, 6) is -2.26. The van der Waals surface area contributed by atoms with Crippen LogP contribution in [0.3, 0.4) is 0 Å². The van der Waals surface area contributed by atoms with Crippen LogP contribution in [0.5, 0.6) is 0 Å². The number of nitrogens with zero attached hydrogens (tertiary/aromatic N) is 1. The Kier molecular flexibility index (Phi) is 48.9. The molecule has 0 radical (unpaired) electrons. The summed E-state index contributed by atoms with van der Waals surface area (Å²) in [5.41, 5.74) is 0. The Hall–Kier alpha value is -1.97. The van der Waals surface area contributed by atoms with E-state index < -0.39 is 24.3 Å². The average molecular weight is 951 g/mol. The number of ether oxygens (including phenoxy) is 4. The first-order valence-corrected chi connectivity index (χ1v) is 28.8. The highest BCUT2D eigenvalue weighted by Crippen LogP contribution is 2.17. The van der Waals surface area contributed by atoms with Crippen molar-refractivity contribution in [1.29, 1.82) is 0 Å². The lowest BCUT2D eigenvalue weighted by Gasteiger charge is -2.26. The molecule has 0 heterocycles. The molecule has 0 aliphatic carbocycles. The molecule has 2 unspecified atom stereocenters. The van der Waals surface area contributed by atoms with Crippen molar-refractivity contribution in [2.75, 3.05) is 47.5 Å². The number of carboxylic acid groups (broad SMARTS) is 1. The number of hydrogen-bond donors (Lipinski definition) is 0. The Morgan fingerprint density at radius 2 is 0.761 bits per heavy atom. The summed E-state index contributed by atoms with van der Waals surface area (Å²) in [4.78, 5) is 37.2. The minimum atomic E-state index is -1.62. The number of aliphatic carboxylic acids is 1. The monoisotopic (exact) mass is 950 g/mol. The number of carbonyl (C=O) groups excluding carboxylic acids is 3. The molecule has 9 heteroatoms. The van der Waals surface area contributed by atoms with Gasteiger partial charge in [-0.2, -0.15) is 0 Å². The molecular weight excluding hydrogens is 839 g/mol. The number of carbonyl (C=O) groups is 3. The second kappa shape index (κ2) is 50.4. The zero-order valence-corrected chi connectivity index (χ0v) is 45.0. The molecule has 0 saturated heterocycles. The highest BCUT2D eigenvalue weighted by Gasteiger charge is 2.22. The van der Waals surface area contributed by atoms with E-state index in [-0.39, 0.29) is 32.2 Å². The minimum Gasteiger partial charge on any atom is -0.545 e. The van der Waals surface area contributed by atoms with Crippen LogP contribution < -0.4 is 5.11 Å². The lowest BCUT2D eigenvalue weighted by molar-refractivity contribution is -0.870. The molecule has 0 N–H and O–H groups in total. The molecule has 0 aliphatic heterocycles. The summed E-state index contributed by atoms with van der Waals surface area (Å²) in [6.07, 6.45) is 54.0. The van der Waals surface area contributed by atoms with Crippen LogP contribution in [0.15, 0.2) is 12.2 Å². The van der Waals surface area contributed by atoms with Crippen LogP contribution in [0, 0.1) is 0 Å². The third-order valence-corrected chi connectivity index (χ3v) is 13.0. The largest absolute Gasteiger partial charge is 0.545 e. The van der Waals surface area contributed by atoms with Gasteiger partial charge in [-0.1, -0.05) is 244 Å². The predicted molar refractivity (Wildman–Crippen MR) is 279 cm³/mol. The topological polar surface area (TPSA) is 111 Å². The van der Waals surface area contributed by atoms with Gasteiger partial charge in [0.2, 0.25) is 0 Å². The molecule has 0 bridgehead atoms. The summed E-state index contributed by atoms with van der Waals surface area (Å²) < 4.78 is 22.7. The Bertz CT molecular complexity index is 1110. The average Bonchev–Trinajstić information content (AvgIpc) is 3.29. The number of rotatable bonds is 54. The molecule has 0 amide bonds. The summed E-state index contributed by atoms with van der Waals surface area (Å²) in [7, 11) is 5.93.